The number of H-pyrrole nitrogens is 1. The van der Waals surface area contributed by atoms with Crippen LogP contribution >= 0.6 is 0 Å². The summed E-state index contributed by atoms with van der Waals surface area (Å²) in [6.45, 7) is 0.111. The highest BCUT2D eigenvalue weighted by Gasteiger charge is 2.10. The molecule has 0 aromatic carbocycles. The summed E-state index contributed by atoms with van der Waals surface area (Å²) >= 11 is 0. The Morgan fingerprint density at radius 2 is 2.30 bits per heavy atom. The Hall–Kier alpha value is -3.10. The lowest BCUT2D eigenvalue weighted by Gasteiger charge is -2.05. The smallest absolute Gasteiger partial charge is 0.328 e. The number of carboxylic acids is 1. The van der Waals surface area contributed by atoms with Gasteiger partial charge in [-0.15, -0.1) is 10.2 Å². The van der Waals surface area contributed by atoms with Crippen molar-refractivity contribution < 1.29 is 14.7 Å². The third-order valence-electron chi connectivity index (χ3n) is 2.30. The molecule has 0 spiro atoms. The highest BCUT2D eigenvalue weighted by atomic mass is 16.4. The monoisotopic (exact) mass is 274 g/mol. The predicted molar refractivity (Wildman–Crippen MR) is 66.3 cm³/mol. The number of carboxylic acid groups (broad SMARTS) is 1. The number of carbonyl (C=O) groups excluding carboxylic acids is 1. The van der Waals surface area contributed by atoms with E-state index in [1.54, 1.807) is 0 Å². The summed E-state index contributed by atoms with van der Waals surface area (Å²) in [4.78, 5) is 26.4. The second-order valence-corrected chi connectivity index (χ2v) is 3.65. The van der Waals surface area contributed by atoms with Crippen LogP contribution in [0.5, 0.6) is 0 Å². The lowest BCUT2D eigenvalue weighted by molar-refractivity contribution is -0.131. The number of carbonyl (C=O) groups is 2. The number of aromatic amines is 1. The van der Waals surface area contributed by atoms with E-state index < -0.39 is 5.97 Å². The fourth-order valence-electron chi connectivity index (χ4n) is 1.42. The number of hydrogen-bond acceptors (Lipinski definition) is 6. The molecule has 0 atom stereocenters. The van der Waals surface area contributed by atoms with Crippen molar-refractivity contribution in [3.63, 3.8) is 0 Å². The molecule has 1 amide bonds. The second-order valence-electron chi connectivity index (χ2n) is 3.65. The predicted octanol–water partition coefficient (Wildman–Crippen LogP) is -0.378. The first-order valence-electron chi connectivity index (χ1n) is 5.52. The SMILES string of the molecule is O=C(O)C=Cc1cnccc1C(=O)NCc1nn[nH]n1. The third-order valence-corrected chi connectivity index (χ3v) is 2.30. The molecule has 0 aliphatic carbocycles. The first kappa shape index (κ1) is 13.3. The standard InChI is InChI=1S/C11H10N6O3/c18-10(19)2-1-7-5-12-4-3-8(7)11(20)13-6-9-14-16-17-15-9/h1-5H,6H2,(H,13,20)(H,18,19)(H,14,15,16,17). The minimum atomic E-state index is -1.10. The van der Waals surface area contributed by atoms with Gasteiger partial charge < -0.3 is 10.4 Å². The molecule has 0 fully saturated rings. The van der Waals surface area contributed by atoms with Gasteiger partial charge in [0.1, 0.15) is 0 Å². The Bertz CT molecular complexity index is 637. The third kappa shape index (κ3) is 3.45. The van der Waals surface area contributed by atoms with Crippen LogP contribution in [0.2, 0.25) is 0 Å². The Morgan fingerprint density at radius 1 is 1.45 bits per heavy atom. The van der Waals surface area contributed by atoms with Crippen molar-refractivity contribution in [2.75, 3.05) is 0 Å². The molecule has 9 nitrogen and oxygen atoms in total. The number of hydrogen-bond donors (Lipinski definition) is 3. The summed E-state index contributed by atoms with van der Waals surface area (Å²) in [5, 5.41) is 24.2. The molecule has 0 aliphatic rings. The number of tetrazole rings is 1. The van der Waals surface area contributed by atoms with E-state index in [0.29, 0.717) is 17.0 Å². The van der Waals surface area contributed by atoms with Crippen LogP contribution < -0.4 is 5.32 Å². The molecule has 102 valence electrons. The fourth-order valence-corrected chi connectivity index (χ4v) is 1.42. The van der Waals surface area contributed by atoms with Gasteiger partial charge in [0.15, 0.2) is 5.82 Å². The van der Waals surface area contributed by atoms with Gasteiger partial charge in [-0.2, -0.15) is 5.21 Å². The van der Waals surface area contributed by atoms with Crippen molar-refractivity contribution in [1.29, 1.82) is 0 Å². The van der Waals surface area contributed by atoms with Gasteiger partial charge in [0, 0.05) is 29.6 Å². The minimum absolute atomic E-state index is 0.111. The number of pyridine rings is 1. The highest BCUT2D eigenvalue weighted by molar-refractivity contribution is 5.98. The van der Waals surface area contributed by atoms with Crippen molar-refractivity contribution in [2.24, 2.45) is 0 Å². The van der Waals surface area contributed by atoms with Gasteiger partial charge in [0.05, 0.1) is 6.54 Å². The number of amides is 1. The van der Waals surface area contributed by atoms with E-state index in [1.807, 2.05) is 0 Å². The maximum atomic E-state index is 12.0. The van der Waals surface area contributed by atoms with Crippen LogP contribution in [0.15, 0.2) is 24.5 Å². The average Bonchev–Trinajstić information content (AvgIpc) is 2.96. The minimum Gasteiger partial charge on any atom is -0.478 e. The van der Waals surface area contributed by atoms with E-state index in [1.165, 1.54) is 24.5 Å². The average molecular weight is 274 g/mol. The van der Waals surface area contributed by atoms with Gasteiger partial charge in [-0.25, -0.2) is 4.79 Å². The van der Waals surface area contributed by atoms with Gasteiger partial charge in [-0.05, 0) is 12.1 Å². The summed E-state index contributed by atoms with van der Waals surface area (Å²) in [6, 6.07) is 1.49. The normalized spacial score (nSPS) is 10.6. The van der Waals surface area contributed by atoms with Gasteiger partial charge in [-0.1, -0.05) is 5.21 Å². The molecule has 0 saturated heterocycles. The first-order chi connectivity index (χ1) is 9.66. The molecule has 0 bridgehead atoms. The van der Waals surface area contributed by atoms with Crippen LogP contribution in [-0.2, 0) is 11.3 Å². The zero-order valence-corrected chi connectivity index (χ0v) is 10.1. The van der Waals surface area contributed by atoms with Crippen LogP contribution in [0, 0.1) is 0 Å². The fraction of sp³-hybridized carbons (Fsp3) is 0.0909. The number of rotatable bonds is 5. The number of aliphatic carboxylic acids is 1. The summed E-state index contributed by atoms with van der Waals surface area (Å²) in [7, 11) is 0. The molecule has 0 unspecified atom stereocenters. The van der Waals surface area contributed by atoms with Crippen molar-refractivity contribution in [3.8, 4) is 0 Å². The molecule has 0 saturated carbocycles. The topological polar surface area (TPSA) is 134 Å². The van der Waals surface area contributed by atoms with E-state index in [9.17, 15) is 9.59 Å². The van der Waals surface area contributed by atoms with E-state index in [0.717, 1.165) is 6.08 Å². The number of aromatic nitrogens is 5. The molecule has 0 radical (unpaired) electrons. The van der Waals surface area contributed by atoms with E-state index in [2.05, 4.69) is 30.9 Å². The largest absolute Gasteiger partial charge is 0.478 e. The molecule has 2 aromatic heterocycles. The maximum absolute atomic E-state index is 12.0. The highest BCUT2D eigenvalue weighted by Crippen LogP contribution is 2.09. The summed E-state index contributed by atoms with van der Waals surface area (Å²) < 4.78 is 0. The summed E-state index contributed by atoms with van der Waals surface area (Å²) in [5.41, 5.74) is 0.710. The summed E-state index contributed by atoms with van der Waals surface area (Å²) in [5.74, 6) is -1.15. The van der Waals surface area contributed by atoms with E-state index >= 15 is 0 Å². The van der Waals surface area contributed by atoms with Crippen LogP contribution in [0.1, 0.15) is 21.7 Å². The van der Waals surface area contributed by atoms with Crippen LogP contribution in [0.4, 0.5) is 0 Å². The lowest BCUT2D eigenvalue weighted by atomic mass is 10.1. The van der Waals surface area contributed by atoms with Gasteiger partial charge >= 0.3 is 5.97 Å². The Morgan fingerprint density at radius 3 is 3.00 bits per heavy atom. The molecule has 9 heteroatoms. The molecule has 0 aliphatic heterocycles. The van der Waals surface area contributed by atoms with Crippen LogP contribution in [-0.4, -0.2) is 42.6 Å². The lowest BCUT2D eigenvalue weighted by Crippen LogP contribution is -2.24. The molecular weight excluding hydrogens is 264 g/mol. The van der Waals surface area contributed by atoms with Crippen molar-refractivity contribution in [3.05, 3.63) is 41.5 Å². The molecule has 2 heterocycles. The van der Waals surface area contributed by atoms with Crippen LogP contribution in [0.25, 0.3) is 6.08 Å². The maximum Gasteiger partial charge on any atom is 0.328 e. The number of nitrogens with zero attached hydrogens (tertiary/aromatic N) is 4. The molecule has 2 rings (SSSR count). The van der Waals surface area contributed by atoms with Gasteiger partial charge in [0.2, 0.25) is 0 Å². The van der Waals surface area contributed by atoms with Gasteiger partial charge in [-0.3, -0.25) is 9.78 Å². The zero-order valence-electron chi connectivity index (χ0n) is 10.1. The molecule has 20 heavy (non-hydrogen) atoms. The van der Waals surface area contributed by atoms with E-state index in [4.69, 9.17) is 5.11 Å². The molecular formula is C11H10N6O3. The van der Waals surface area contributed by atoms with Crippen molar-refractivity contribution in [1.82, 2.24) is 30.9 Å². The zero-order chi connectivity index (χ0) is 14.4. The first-order valence-corrected chi connectivity index (χ1v) is 5.52. The Labute approximate surface area is 112 Å². The van der Waals surface area contributed by atoms with Gasteiger partial charge in [0.25, 0.3) is 5.91 Å². The summed E-state index contributed by atoms with van der Waals surface area (Å²) in [6.07, 6.45) is 5.09. The van der Waals surface area contributed by atoms with Crippen LogP contribution in [0.3, 0.4) is 0 Å². The molecule has 2 aromatic rings. The molecule has 3 N–H and O–H groups in total. The second kappa shape index (κ2) is 6.18. The number of nitrogens with one attached hydrogen (secondary N) is 2. The van der Waals surface area contributed by atoms with Crippen molar-refractivity contribution >= 4 is 18.0 Å². The van der Waals surface area contributed by atoms with Crippen molar-refractivity contribution in [2.45, 2.75) is 6.54 Å². The Balaban J connectivity index is 2.11. The quantitative estimate of drug-likeness (QED) is 0.633. The Kier molecular flexibility index (Phi) is 4.12. The van der Waals surface area contributed by atoms with E-state index in [-0.39, 0.29) is 12.5 Å².